The standard InChI is InChI=1S/C29H31F3N6O/c1-20-27(38-14-10-24(11-15-38)36-23-6-4-22(5-7-23)29(30,31)32)34-19-35-28(20)39-26-12-16-37(17-13-26)25-8-2-21(18-33)3-9-25/h2-9,19,24,26,36H,10-17H2,1H3. The lowest BCUT2D eigenvalue weighted by Gasteiger charge is -2.35. The number of anilines is 3. The molecule has 0 radical (unpaired) electrons. The van der Waals surface area contributed by atoms with Gasteiger partial charge in [0, 0.05) is 56.4 Å². The lowest BCUT2D eigenvalue weighted by molar-refractivity contribution is -0.137. The second kappa shape index (κ2) is 11.4. The normalized spacial score (nSPS) is 17.1. The zero-order valence-corrected chi connectivity index (χ0v) is 21.8. The Labute approximate surface area is 226 Å². The van der Waals surface area contributed by atoms with Crippen molar-refractivity contribution in [3.05, 3.63) is 71.5 Å². The molecule has 7 nitrogen and oxygen atoms in total. The summed E-state index contributed by atoms with van der Waals surface area (Å²) in [5.74, 6) is 1.48. The molecule has 2 aliphatic heterocycles. The Bertz CT molecular complexity index is 1290. The van der Waals surface area contributed by atoms with Crippen molar-refractivity contribution in [2.24, 2.45) is 0 Å². The average molecular weight is 537 g/mol. The summed E-state index contributed by atoms with van der Waals surface area (Å²) in [7, 11) is 0. The molecule has 0 amide bonds. The third kappa shape index (κ3) is 6.36. The van der Waals surface area contributed by atoms with E-state index in [1.54, 1.807) is 6.33 Å². The predicted octanol–water partition coefficient (Wildman–Crippen LogP) is 5.80. The summed E-state index contributed by atoms with van der Waals surface area (Å²) in [5, 5.41) is 12.4. The minimum absolute atomic E-state index is 0.0692. The molecular weight excluding hydrogens is 505 g/mol. The van der Waals surface area contributed by atoms with E-state index in [4.69, 9.17) is 10.00 Å². The van der Waals surface area contributed by atoms with Gasteiger partial charge in [0.2, 0.25) is 5.88 Å². The van der Waals surface area contributed by atoms with Crippen LogP contribution in [0.15, 0.2) is 54.9 Å². The number of hydrogen-bond donors (Lipinski definition) is 1. The lowest BCUT2D eigenvalue weighted by atomic mass is 10.0. The fraction of sp³-hybridized carbons (Fsp3) is 0.414. The van der Waals surface area contributed by atoms with Crippen LogP contribution in [0.5, 0.6) is 5.88 Å². The van der Waals surface area contributed by atoms with Crippen molar-refractivity contribution >= 4 is 17.2 Å². The van der Waals surface area contributed by atoms with Crippen molar-refractivity contribution in [2.45, 2.75) is 50.9 Å². The third-order valence-corrected chi connectivity index (χ3v) is 7.47. The van der Waals surface area contributed by atoms with Gasteiger partial charge in [-0.25, -0.2) is 9.97 Å². The lowest BCUT2D eigenvalue weighted by Crippen LogP contribution is -2.40. The van der Waals surface area contributed by atoms with Gasteiger partial charge < -0.3 is 19.9 Å². The van der Waals surface area contributed by atoms with Gasteiger partial charge in [-0.05, 0) is 68.3 Å². The topological polar surface area (TPSA) is 77.3 Å². The van der Waals surface area contributed by atoms with Gasteiger partial charge in [-0.15, -0.1) is 0 Å². The fourth-order valence-corrected chi connectivity index (χ4v) is 5.23. The first-order valence-corrected chi connectivity index (χ1v) is 13.2. The van der Waals surface area contributed by atoms with Gasteiger partial charge in [0.05, 0.1) is 22.8 Å². The summed E-state index contributed by atoms with van der Waals surface area (Å²) in [4.78, 5) is 13.5. The Hall–Kier alpha value is -4.00. The van der Waals surface area contributed by atoms with Gasteiger partial charge in [-0.2, -0.15) is 18.4 Å². The van der Waals surface area contributed by atoms with Crippen molar-refractivity contribution in [3.8, 4) is 11.9 Å². The molecule has 2 aliphatic rings. The molecule has 1 aromatic heterocycles. The van der Waals surface area contributed by atoms with Crippen molar-refractivity contribution in [2.75, 3.05) is 41.3 Å². The van der Waals surface area contributed by atoms with Crippen LogP contribution in [-0.4, -0.2) is 48.3 Å². The Kier molecular flexibility index (Phi) is 7.77. The molecule has 2 aromatic carbocycles. The molecule has 2 saturated heterocycles. The Morgan fingerprint density at radius 2 is 1.54 bits per heavy atom. The smallest absolute Gasteiger partial charge is 0.416 e. The van der Waals surface area contributed by atoms with Crippen molar-refractivity contribution < 1.29 is 17.9 Å². The molecule has 3 aromatic rings. The molecule has 3 heterocycles. The molecule has 2 fully saturated rings. The number of benzene rings is 2. The first-order valence-electron chi connectivity index (χ1n) is 13.2. The number of hydrogen-bond acceptors (Lipinski definition) is 7. The molecule has 0 atom stereocenters. The van der Waals surface area contributed by atoms with E-state index >= 15 is 0 Å². The largest absolute Gasteiger partial charge is 0.474 e. The van der Waals surface area contributed by atoms with E-state index in [0.29, 0.717) is 17.1 Å². The number of nitrogens with one attached hydrogen (secondary N) is 1. The molecular formula is C29H31F3N6O. The first kappa shape index (κ1) is 26.6. The molecule has 0 aliphatic carbocycles. The second-order valence-electron chi connectivity index (χ2n) is 10.1. The third-order valence-electron chi connectivity index (χ3n) is 7.47. The van der Waals surface area contributed by atoms with Crippen molar-refractivity contribution in [1.82, 2.24) is 9.97 Å². The average Bonchev–Trinajstić information content (AvgIpc) is 2.95. The Morgan fingerprint density at radius 1 is 0.897 bits per heavy atom. The molecule has 0 bridgehead atoms. The van der Waals surface area contributed by atoms with E-state index in [1.165, 1.54) is 12.1 Å². The fourth-order valence-electron chi connectivity index (χ4n) is 5.23. The number of nitrogens with zero attached hydrogens (tertiary/aromatic N) is 5. The summed E-state index contributed by atoms with van der Waals surface area (Å²) in [6, 6.07) is 15.2. The van der Waals surface area contributed by atoms with Gasteiger partial charge in [0.15, 0.2) is 0 Å². The predicted molar refractivity (Wildman–Crippen MR) is 144 cm³/mol. The monoisotopic (exact) mass is 536 g/mol. The summed E-state index contributed by atoms with van der Waals surface area (Å²) < 4.78 is 44.8. The molecule has 0 spiro atoms. The summed E-state index contributed by atoms with van der Waals surface area (Å²) in [6.07, 6.45) is 0.726. The van der Waals surface area contributed by atoms with Crippen LogP contribution in [0.4, 0.5) is 30.4 Å². The van der Waals surface area contributed by atoms with Crippen LogP contribution in [0.25, 0.3) is 0 Å². The second-order valence-corrected chi connectivity index (χ2v) is 10.1. The quantitative estimate of drug-likeness (QED) is 0.426. The number of halogens is 3. The highest BCUT2D eigenvalue weighted by Crippen LogP contribution is 2.32. The van der Waals surface area contributed by atoms with E-state index in [9.17, 15) is 13.2 Å². The van der Waals surface area contributed by atoms with Crippen LogP contribution in [0.3, 0.4) is 0 Å². The maximum Gasteiger partial charge on any atom is 0.416 e. The highest BCUT2D eigenvalue weighted by molar-refractivity contribution is 5.52. The minimum Gasteiger partial charge on any atom is -0.474 e. The molecule has 1 N–H and O–H groups in total. The number of ether oxygens (including phenoxy) is 1. The summed E-state index contributed by atoms with van der Waals surface area (Å²) in [5.41, 5.74) is 2.74. The zero-order chi connectivity index (χ0) is 27.4. The SMILES string of the molecule is Cc1c(OC2CCN(c3ccc(C#N)cc3)CC2)ncnc1N1CCC(Nc2ccc(C(F)(F)F)cc2)CC1. The van der Waals surface area contributed by atoms with Crippen molar-refractivity contribution in [1.29, 1.82) is 5.26 Å². The van der Waals surface area contributed by atoms with Gasteiger partial charge in [-0.1, -0.05) is 0 Å². The van der Waals surface area contributed by atoms with Crippen LogP contribution < -0.4 is 19.9 Å². The van der Waals surface area contributed by atoms with Crippen LogP contribution in [-0.2, 0) is 6.18 Å². The molecule has 5 rings (SSSR count). The molecule has 0 saturated carbocycles. The van der Waals surface area contributed by atoms with E-state index in [1.807, 2.05) is 31.2 Å². The summed E-state index contributed by atoms with van der Waals surface area (Å²) in [6.45, 7) is 5.28. The molecule has 10 heteroatoms. The van der Waals surface area contributed by atoms with Crippen LogP contribution >= 0.6 is 0 Å². The van der Waals surface area contributed by atoms with Crippen LogP contribution in [0.2, 0.25) is 0 Å². The maximum absolute atomic E-state index is 12.8. The summed E-state index contributed by atoms with van der Waals surface area (Å²) >= 11 is 0. The highest BCUT2D eigenvalue weighted by atomic mass is 19.4. The van der Waals surface area contributed by atoms with E-state index < -0.39 is 11.7 Å². The number of alkyl halides is 3. The zero-order valence-electron chi connectivity index (χ0n) is 21.8. The van der Waals surface area contributed by atoms with Crippen molar-refractivity contribution in [3.63, 3.8) is 0 Å². The maximum atomic E-state index is 12.8. The van der Waals surface area contributed by atoms with Gasteiger partial charge in [-0.3, -0.25) is 0 Å². The van der Waals surface area contributed by atoms with Crippen LogP contribution in [0.1, 0.15) is 42.4 Å². The van der Waals surface area contributed by atoms with Gasteiger partial charge in [0.25, 0.3) is 0 Å². The van der Waals surface area contributed by atoms with Gasteiger partial charge in [0.1, 0.15) is 18.2 Å². The minimum atomic E-state index is -4.33. The van der Waals surface area contributed by atoms with E-state index in [0.717, 1.165) is 81.1 Å². The number of aromatic nitrogens is 2. The molecule has 204 valence electrons. The van der Waals surface area contributed by atoms with E-state index in [-0.39, 0.29) is 12.1 Å². The number of rotatable bonds is 6. The number of nitriles is 1. The Morgan fingerprint density at radius 3 is 2.15 bits per heavy atom. The first-order chi connectivity index (χ1) is 18.8. The van der Waals surface area contributed by atoms with Crippen LogP contribution in [0, 0.1) is 18.3 Å². The molecule has 0 unspecified atom stereocenters. The molecule has 39 heavy (non-hydrogen) atoms. The van der Waals surface area contributed by atoms with Gasteiger partial charge >= 0.3 is 6.18 Å². The number of piperidine rings is 2. The Balaban J connectivity index is 1.13. The highest BCUT2D eigenvalue weighted by Gasteiger charge is 2.30. The van der Waals surface area contributed by atoms with E-state index in [2.05, 4.69) is 31.2 Å².